The molecule has 0 unspecified atom stereocenters. The molecule has 0 aliphatic carbocycles. The third kappa shape index (κ3) is 4.35. The first kappa shape index (κ1) is 13.9. The molecule has 1 aromatic heterocycles. The molecule has 94 valence electrons. The largest absolute Gasteiger partial charge is 0.331 e. The van der Waals surface area contributed by atoms with Crippen LogP contribution in [0.4, 0.5) is 5.82 Å². The molecule has 0 saturated carbocycles. The summed E-state index contributed by atoms with van der Waals surface area (Å²) in [5.74, 6) is 0.561. The van der Waals surface area contributed by atoms with Gasteiger partial charge in [0.2, 0.25) is 6.41 Å². The van der Waals surface area contributed by atoms with E-state index in [1.54, 1.807) is 6.07 Å². The lowest BCUT2D eigenvalue weighted by Crippen LogP contribution is -1.97. The molecule has 0 saturated heterocycles. The van der Waals surface area contributed by atoms with Gasteiger partial charge in [0.1, 0.15) is 5.82 Å². The Labute approximate surface area is 107 Å². The fourth-order valence-corrected chi connectivity index (χ4v) is 1.35. The molecule has 4 nitrogen and oxygen atoms in total. The van der Waals surface area contributed by atoms with E-state index < -0.39 is 0 Å². The van der Waals surface area contributed by atoms with E-state index in [1.807, 2.05) is 49.4 Å². The van der Waals surface area contributed by atoms with Crippen molar-refractivity contribution in [2.75, 3.05) is 11.9 Å². The SMILES string of the molecule is CCN.O=CNc1cccc(-c2ccccc2)n1. The van der Waals surface area contributed by atoms with Crippen molar-refractivity contribution < 1.29 is 4.79 Å². The third-order valence-corrected chi connectivity index (χ3v) is 2.03. The lowest BCUT2D eigenvalue weighted by atomic mass is 10.1. The highest BCUT2D eigenvalue weighted by molar-refractivity contribution is 5.70. The molecular weight excluding hydrogens is 226 g/mol. The number of rotatable bonds is 3. The molecule has 2 aromatic rings. The second-order valence-corrected chi connectivity index (χ2v) is 3.44. The Hall–Kier alpha value is -2.20. The highest BCUT2D eigenvalue weighted by Gasteiger charge is 1.98. The molecule has 1 aromatic carbocycles. The maximum absolute atomic E-state index is 10.3. The Morgan fingerprint density at radius 1 is 1.17 bits per heavy atom. The van der Waals surface area contributed by atoms with Crippen LogP contribution in [0.1, 0.15) is 6.92 Å². The standard InChI is InChI=1S/C12H10N2O.C2H7N/c15-9-13-12-8-4-7-11(14-12)10-5-2-1-3-6-10;1-2-3/h1-9H,(H,13,14,15);2-3H2,1H3. The predicted molar refractivity (Wildman–Crippen MR) is 74.1 cm³/mol. The van der Waals surface area contributed by atoms with Crippen LogP contribution in [0.15, 0.2) is 48.5 Å². The minimum absolute atomic E-state index is 0.561. The second-order valence-electron chi connectivity index (χ2n) is 3.44. The molecule has 18 heavy (non-hydrogen) atoms. The lowest BCUT2D eigenvalue weighted by molar-refractivity contribution is -0.105. The predicted octanol–water partition coefficient (Wildman–Crippen LogP) is 2.28. The van der Waals surface area contributed by atoms with Gasteiger partial charge in [-0.15, -0.1) is 0 Å². The Kier molecular flexibility index (Phi) is 6.14. The van der Waals surface area contributed by atoms with Gasteiger partial charge in [0.15, 0.2) is 0 Å². The van der Waals surface area contributed by atoms with Crippen LogP contribution in [0.5, 0.6) is 0 Å². The number of carbonyl (C=O) groups excluding carboxylic acids is 1. The molecule has 0 aliphatic rings. The molecule has 0 fully saturated rings. The van der Waals surface area contributed by atoms with Crippen molar-refractivity contribution in [3.05, 3.63) is 48.5 Å². The number of nitrogens with one attached hydrogen (secondary N) is 1. The summed E-state index contributed by atoms with van der Waals surface area (Å²) in [4.78, 5) is 14.6. The number of hydrogen-bond donors (Lipinski definition) is 2. The number of benzene rings is 1. The Morgan fingerprint density at radius 3 is 2.44 bits per heavy atom. The van der Waals surface area contributed by atoms with Gasteiger partial charge < -0.3 is 11.1 Å². The number of hydrogen-bond acceptors (Lipinski definition) is 3. The summed E-state index contributed by atoms with van der Waals surface area (Å²) in [5, 5.41) is 2.53. The number of aromatic nitrogens is 1. The van der Waals surface area contributed by atoms with Gasteiger partial charge in [-0.25, -0.2) is 4.98 Å². The maximum Gasteiger partial charge on any atom is 0.212 e. The van der Waals surface area contributed by atoms with Crippen LogP contribution < -0.4 is 11.1 Å². The van der Waals surface area contributed by atoms with Gasteiger partial charge in [0.05, 0.1) is 5.69 Å². The number of nitrogens with zero attached hydrogens (tertiary/aromatic N) is 1. The van der Waals surface area contributed by atoms with E-state index in [0.717, 1.165) is 17.8 Å². The summed E-state index contributed by atoms with van der Waals surface area (Å²) in [6, 6.07) is 15.3. The lowest BCUT2D eigenvalue weighted by Gasteiger charge is -2.02. The summed E-state index contributed by atoms with van der Waals surface area (Å²) in [5.41, 5.74) is 6.73. The van der Waals surface area contributed by atoms with Crippen LogP contribution >= 0.6 is 0 Å². The van der Waals surface area contributed by atoms with Gasteiger partial charge >= 0.3 is 0 Å². The molecule has 0 atom stereocenters. The zero-order valence-electron chi connectivity index (χ0n) is 10.3. The summed E-state index contributed by atoms with van der Waals surface area (Å²) in [6.45, 7) is 2.65. The number of anilines is 1. The van der Waals surface area contributed by atoms with E-state index in [-0.39, 0.29) is 0 Å². The van der Waals surface area contributed by atoms with Crippen LogP contribution in [-0.4, -0.2) is 17.9 Å². The van der Waals surface area contributed by atoms with Crippen LogP contribution in [0.25, 0.3) is 11.3 Å². The van der Waals surface area contributed by atoms with Gasteiger partial charge in [0, 0.05) is 5.56 Å². The normalized spacial score (nSPS) is 9.00. The van der Waals surface area contributed by atoms with Crippen molar-refractivity contribution in [3.8, 4) is 11.3 Å². The van der Waals surface area contributed by atoms with Crippen LogP contribution in [0.3, 0.4) is 0 Å². The van der Waals surface area contributed by atoms with E-state index in [2.05, 4.69) is 10.3 Å². The maximum atomic E-state index is 10.3. The van der Waals surface area contributed by atoms with Crippen LogP contribution in [0, 0.1) is 0 Å². The number of pyridine rings is 1. The third-order valence-electron chi connectivity index (χ3n) is 2.03. The molecule has 4 heteroatoms. The summed E-state index contributed by atoms with van der Waals surface area (Å²) >= 11 is 0. The quantitative estimate of drug-likeness (QED) is 0.813. The van der Waals surface area contributed by atoms with E-state index in [4.69, 9.17) is 5.73 Å². The van der Waals surface area contributed by atoms with E-state index in [1.165, 1.54) is 0 Å². The van der Waals surface area contributed by atoms with E-state index in [0.29, 0.717) is 12.2 Å². The van der Waals surface area contributed by atoms with Gasteiger partial charge in [-0.3, -0.25) is 4.79 Å². The smallest absolute Gasteiger partial charge is 0.212 e. The molecule has 3 N–H and O–H groups in total. The van der Waals surface area contributed by atoms with Crippen LogP contribution in [-0.2, 0) is 4.79 Å². The Balaban J connectivity index is 0.000000492. The molecule has 0 radical (unpaired) electrons. The topological polar surface area (TPSA) is 68.0 Å². The van der Waals surface area contributed by atoms with E-state index >= 15 is 0 Å². The fourth-order valence-electron chi connectivity index (χ4n) is 1.35. The summed E-state index contributed by atoms with van der Waals surface area (Å²) in [7, 11) is 0. The molecule has 0 bridgehead atoms. The summed E-state index contributed by atoms with van der Waals surface area (Å²) in [6.07, 6.45) is 0.622. The molecular formula is C14H17N3O. The van der Waals surface area contributed by atoms with Crippen molar-refractivity contribution >= 4 is 12.2 Å². The number of amides is 1. The van der Waals surface area contributed by atoms with Gasteiger partial charge in [0.25, 0.3) is 0 Å². The number of carbonyl (C=O) groups is 1. The minimum atomic E-state index is 0.561. The fraction of sp³-hybridized carbons (Fsp3) is 0.143. The monoisotopic (exact) mass is 243 g/mol. The molecule has 1 amide bonds. The average Bonchev–Trinajstić information content (AvgIpc) is 2.41. The van der Waals surface area contributed by atoms with Crippen molar-refractivity contribution in [1.82, 2.24) is 4.98 Å². The first-order valence-electron chi connectivity index (χ1n) is 5.74. The first-order valence-corrected chi connectivity index (χ1v) is 5.74. The zero-order valence-corrected chi connectivity index (χ0v) is 10.3. The highest BCUT2D eigenvalue weighted by atomic mass is 16.1. The highest BCUT2D eigenvalue weighted by Crippen LogP contribution is 2.17. The zero-order chi connectivity index (χ0) is 13.2. The molecule has 0 spiro atoms. The molecule has 2 rings (SSSR count). The van der Waals surface area contributed by atoms with Gasteiger partial charge in [-0.1, -0.05) is 43.3 Å². The van der Waals surface area contributed by atoms with Crippen molar-refractivity contribution in [3.63, 3.8) is 0 Å². The molecule has 0 aliphatic heterocycles. The van der Waals surface area contributed by atoms with Crippen LogP contribution in [0.2, 0.25) is 0 Å². The van der Waals surface area contributed by atoms with Gasteiger partial charge in [-0.2, -0.15) is 0 Å². The minimum Gasteiger partial charge on any atom is -0.331 e. The Bertz CT molecular complexity index is 471. The average molecular weight is 243 g/mol. The number of nitrogens with two attached hydrogens (primary N) is 1. The summed E-state index contributed by atoms with van der Waals surface area (Å²) < 4.78 is 0. The Morgan fingerprint density at radius 2 is 1.83 bits per heavy atom. The van der Waals surface area contributed by atoms with E-state index in [9.17, 15) is 4.79 Å². The molecule has 1 heterocycles. The first-order chi connectivity index (χ1) is 8.81. The second kappa shape index (κ2) is 7.97. The van der Waals surface area contributed by atoms with Crippen molar-refractivity contribution in [2.45, 2.75) is 6.92 Å². The van der Waals surface area contributed by atoms with Crippen molar-refractivity contribution in [1.29, 1.82) is 0 Å². The van der Waals surface area contributed by atoms with Crippen molar-refractivity contribution in [2.24, 2.45) is 5.73 Å². The van der Waals surface area contributed by atoms with Gasteiger partial charge in [-0.05, 0) is 18.7 Å².